The third kappa shape index (κ3) is 4.02. The van der Waals surface area contributed by atoms with Gasteiger partial charge in [-0.2, -0.15) is 0 Å². The molecule has 2 rings (SSSR count). The van der Waals surface area contributed by atoms with Gasteiger partial charge in [0.15, 0.2) is 17.5 Å². The lowest BCUT2D eigenvalue weighted by atomic mass is 9.75. The maximum atomic E-state index is 12.8. The molecule has 0 aromatic carbocycles. The van der Waals surface area contributed by atoms with Crippen LogP contribution in [0.3, 0.4) is 0 Å². The summed E-state index contributed by atoms with van der Waals surface area (Å²) in [5, 5.41) is 9.72. The third-order valence-corrected chi connectivity index (χ3v) is 4.92. The van der Waals surface area contributed by atoms with Gasteiger partial charge in [-0.25, -0.2) is 4.79 Å². The van der Waals surface area contributed by atoms with E-state index in [0.29, 0.717) is 12.0 Å². The largest absolute Gasteiger partial charge is 0.450 e. The number of ether oxygens (including phenoxy) is 2. The minimum absolute atomic E-state index is 0.160. The van der Waals surface area contributed by atoms with Crippen molar-refractivity contribution < 1.29 is 29.0 Å². The van der Waals surface area contributed by atoms with Gasteiger partial charge in [-0.3, -0.25) is 9.59 Å². The number of carbonyl (C=O) groups is 3. The highest BCUT2D eigenvalue weighted by atomic mass is 16.6. The number of Topliss-reactive ketones (excluding diaryl/α,β-unsaturated/α-hetero) is 1. The molecule has 0 bridgehead atoms. The standard InChI is InChI=1S/C20H26O6/c1-7-11(2)18(23)25-16-13(10-15-20(6,26-15)17(16)22)12(3)14(21)8-9-19(4,5)24/h7-9,13,15-16,24H,3,10H2,1-2,4-6H3. The Morgan fingerprint density at radius 2 is 2.04 bits per heavy atom. The van der Waals surface area contributed by atoms with Crippen LogP contribution in [0, 0.1) is 5.92 Å². The number of carbonyl (C=O) groups excluding carboxylic acids is 3. The van der Waals surface area contributed by atoms with Crippen LogP contribution >= 0.6 is 0 Å². The lowest BCUT2D eigenvalue weighted by Gasteiger charge is -2.31. The second-order valence-corrected chi connectivity index (χ2v) is 7.59. The minimum Gasteiger partial charge on any atom is -0.450 e. The van der Waals surface area contributed by atoms with Crippen molar-refractivity contribution in [3.8, 4) is 0 Å². The summed E-state index contributed by atoms with van der Waals surface area (Å²) >= 11 is 0. The smallest absolute Gasteiger partial charge is 0.334 e. The van der Waals surface area contributed by atoms with Crippen molar-refractivity contribution in [3.05, 3.63) is 36.0 Å². The van der Waals surface area contributed by atoms with Gasteiger partial charge < -0.3 is 14.6 Å². The van der Waals surface area contributed by atoms with Crippen LogP contribution < -0.4 is 0 Å². The highest BCUT2D eigenvalue weighted by molar-refractivity contribution is 6.06. The van der Waals surface area contributed by atoms with E-state index < -0.39 is 35.0 Å². The Hall–Kier alpha value is -2.05. The summed E-state index contributed by atoms with van der Waals surface area (Å²) in [6.07, 6.45) is 3.12. The van der Waals surface area contributed by atoms with Crippen LogP contribution in [-0.4, -0.2) is 46.1 Å². The summed E-state index contributed by atoms with van der Waals surface area (Å²) in [5.41, 5.74) is -1.57. The molecule has 0 spiro atoms. The predicted molar refractivity (Wildman–Crippen MR) is 95.3 cm³/mol. The molecule has 1 aliphatic heterocycles. The molecule has 0 aromatic heterocycles. The Morgan fingerprint density at radius 1 is 1.42 bits per heavy atom. The van der Waals surface area contributed by atoms with E-state index >= 15 is 0 Å². The van der Waals surface area contributed by atoms with E-state index in [-0.39, 0.29) is 17.5 Å². The third-order valence-electron chi connectivity index (χ3n) is 4.92. The summed E-state index contributed by atoms with van der Waals surface area (Å²) < 4.78 is 10.9. The number of fused-ring (bicyclic) bond motifs is 1. The normalized spacial score (nSPS) is 31.5. The molecule has 4 unspecified atom stereocenters. The van der Waals surface area contributed by atoms with E-state index in [4.69, 9.17) is 9.47 Å². The number of hydrogen-bond acceptors (Lipinski definition) is 6. The van der Waals surface area contributed by atoms with E-state index in [0.717, 1.165) is 0 Å². The second-order valence-electron chi connectivity index (χ2n) is 7.59. The molecule has 4 atom stereocenters. The molecule has 2 aliphatic rings. The Balaban J connectivity index is 2.24. The zero-order valence-electron chi connectivity index (χ0n) is 15.9. The van der Waals surface area contributed by atoms with Crippen molar-refractivity contribution in [2.75, 3.05) is 0 Å². The van der Waals surface area contributed by atoms with Gasteiger partial charge in [0.25, 0.3) is 0 Å². The Labute approximate surface area is 153 Å². The first-order valence-corrected chi connectivity index (χ1v) is 8.61. The van der Waals surface area contributed by atoms with Crippen molar-refractivity contribution >= 4 is 17.5 Å². The molecule has 1 heterocycles. The molecule has 6 heteroatoms. The molecule has 1 N–H and O–H groups in total. The van der Waals surface area contributed by atoms with E-state index in [2.05, 4.69) is 6.58 Å². The van der Waals surface area contributed by atoms with Gasteiger partial charge >= 0.3 is 5.97 Å². The van der Waals surface area contributed by atoms with Crippen molar-refractivity contribution in [3.63, 3.8) is 0 Å². The summed E-state index contributed by atoms with van der Waals surface area (Å²) in [4.78, 5) is 37.3. The van der Waals surface area contributed by atoms with E-state index in [1.807, 2.05) is 0 Å². The summed E-state index contributed by atoms with van der Waals surface area (Å²) in [7, 11) is 0. The molecule has 0 amide bonds. The van der Waals surface area contributed by atoms with Crippen LogP contribution in [0.2, 0.25) is 0 Å². The Bertz CT molecular complexity index is 708. The van der Waals surface area contributed by atoms with Gasteiger partial charge in [-0.15, -0.1) is 0 Å². The van der Waals surface area contributed by atoms with Gasteiger partial charge in [-0.1, -0.05) is 12.7 Å². The van der Waals surface area contributed by atoms with Gasteiger partial charge in [-0.05, 0) is 58.8 Å². The lowest BCUT2D eigenvalue weighted by Crippen LogP contribution is -2.48. The zero-order chi connectivity index (χ0) is 19.9. The SMILES string of the molecule is C=C(C(=O)C=CC(C)(C)O)C1CC2OC2(C)C(=O)C1OC(=O)C(C)=CC. The number of aliphatic hydroxyl groups is 1. The lowest BCUT2D eigenvalue weighted by molar-refractivity contribution is -0.157. The van der Waals surface area contributed by atoms with Crippen molar-refractivity contribution in [2.45, 2.75) is 64.4 Å². The minimum atomic E-state index is -1.15. The fraction of sp³-hybridized carbons (Fsp3) is 0.550. The topological polar surface area (TPSA) is 93.2 Å². The molecule has 1 saturated carbocycles. The van der Waals surface area contributed by atoms with Crippen molar-refractivity contribution in [1.29, 1.82) is 0 Å². The molecule has 0 aromatic rings. The van der Waals surface area contributed by atoms with Crippen molar-refractivity contribution in [1.82, 2.24) is 0 Å². The van der Waals surface area contributed by atoms with E-state index in [1.54, 1.807) is 26.8 Å². The summed E-state index contributed by atoms with van der Waals surface area (Å²) in [6.45, 7) is 11.8. The summed E-state index contributed by atoms with van der Waals surface area (Å²) in [5.74, 6) is -2.03. The Kier molecular flexibility index (Phi) is 5.40. The van der Waals surface area contributed by atoms with Crippen LogP contribution in [0.15, 0.2) is 36.0 Å². The molecule has 1 saturated heterocycles. The van der Waals surface area contributed by atoms with Crippen LogP contribution in [0.5, 0.6) is 0 Å². The molecule has 1 aliphatic carbocycles. The molecular formula is C20H26O6. The number of ketones is 2. The predicted octanol–water partition coefficient (Wildman–Crippen LogP) is 2.06. The fourth-order valence-electron chi connectivity index (χ4n) is 2.93. The van der Waals surface area contributed by atoms with Gasteiger partial charge in [0.2, 0.25) is 5.78 Å². The van der Waals surface area contributed by atoms with Crippen LogP contribution in [-0.2, 0) is 23.9 Å². The van der Waals surface area contributed by atoms with Gasteiger partial charge in [0, 0.05) is 11.5 Å². The quantitative estimate of drug-likeness (QED) is 0.442. The van der Waals surface area contributed by atoms with Crippen LogP contribution in [0.25, 0.3) is 0 Å². The summed E-state index contributed by atoms with van der Waals surface area (Å²) in [6, 6.07) is 0. The molecular weight excluding hydrogens is 336 g/mol. The molecule has 0 radical (unpaired) electrons. The highest BCUT2D eigenvalue weighted by Crippen LogP contribution is 2.49. The highest BCUT2D eigenvalue weighted by Gasteiger charge is 2.66. The monoisotopic (exact) mass is 362 g/mol. The number of hydrogen-bond donors (Lipinski definition) is 1. The number of esters is 1. The van der Waals surface area contributed by atoms with Gasteiger partial charge in [0.05, 0.1) is 11.7 Å². The maximum Gasteiger partial charge on any atom is 0.334 e. The fourth-order valence-corrected chi connectivity index (χ4v) is 2.93. The van der Waals surface area contributed by atoms with Gasteiger partial charge in [0.1, 0.15) is 0 Å². The van der Waals surface area contributed by atoms with Crippen LogP contribution in [0.1, 0.15) is 41.0 Å². The second kappa shape index (κ2) is 6.93. The van der Waals surface area contributed by atoms with Crippen molar-refractivity contribution in [2.24, 2.45) is 5.92 Å². The maximum absolute atomic E-state index is 12.8. The first-order valence-electron chi connectivity index (χ1n) is 8.61. The molecule has 6 nitrogen and oxygen atoms in total. The average Bonchev–Trinajstić information content (AvgIpc) is 3.24. The molecule has 26 heavy (non-hydrogen) atoms. The average molecular weight is 362 g/mol. The van der Waals surface area contributed by atoms with Crippen LogP contribution in [0.4, 0.5) is 0 Å². The zero-order valence-corrected chi connectivity index (χ0v) is 15.9. The molecule has 142 valence electrons. The number of allylic oxidation sites excluding steroid dienone is 2. The van der Waals surface area contributed by atoms with E-state index in [9.17, 15) is 19.5 Å². The molecule has 2 fully saturated rings. The number of rotatable bonds is 6. The Morgan fingerprint density at radius 3 is 2.58 bits per heavy atom. The number of epoxide rings is 1. The first-order chi connectivity index (χ1) is 11.9. The first kappa shape index (κ1) is 20.3. The van der Waals surface area contributed by atoms with E-state index in [1.165, 1.54) is 26.0 Å².